The van der Waals surface area contributed by atoms with Crippen molar-refractivity contribution in [2.24, 2.45) is 0 Å². The lowest BCUT2D eigenvalue weighted by Crippen LogP contribution is -2.32. The molecule has 5 heteroatoms. The van der Waals surface area contributed by atoms with Crippen LogP contribution in [0.1, 0.15) is 18.9 Å². The van der Waals surface area contributed by atoms with E-state index in [0.29, 0.717) is 24.5 Å². The summed E-state index contributed by atoms with van der Waals surface area (Å²) >= 11 is 6.13. The fraction of sp³-hybridized carbons (Fsp3) is 0.250. The summed E-state index contributed by atoms with van der Waals surface area (Å²) in [6, 6.07) is 5.53. The summed E-state index contributed by atoms with van der Waals surface area (Å²) in [6.07, 6.45) is 7.62. The molecular formula is C16H14ClN3O. The van der Waals surface area contributed by atoms with E-state index in [2.05, 4.69) is 11.0 Å². The molecule has 4 nitrogen and oxygen atoms in total. The zero-order valence-corrected chi connectivity index (χ0v) is 12.4. The van der Waals surface area contributed by atoms with Gasteiger partial charge in [0.15, 0.2) is 0 Å². The van der Waals surface area contributed by atoms with Crippen LogP contribution in [-0.2, 0) is 17.9 Å². The van der Waals surface area contributed by atoms with Crippen molar-refractivity contribution in [1.29, 1.82) is 0 Å². The minimum atomic E-state index is 0.0777. The first-order valence-corrected chi connectivity index (χ1v) is 7.12. The third kappa shape index (κ3) is 2.20. The summed E-state index contributed by atoms with van der Waals surface area (Å²) in [7, 11) is 0. The van der Waals surface area contributed by atoms with Gasteiger partial charge in [0.2, 0.25) is 5.91 Å². The van der Waals surface area contributed by atoms with Gasteiger partial charge in [-0.1, -0.05) is 24.4 Å². The Labute approximate surface area is 128 Å². The van der Waals surface area contributed by atoms with Crippen LogP contribution in [0.2, 0.25) is 5.02 Å². The van der Waals surface area contributed by atoms with E-state index in [1.54, 1.807) is 21.8 Å². The van der Waals surface area contributed by atoms with Crippen molar-refractivity contribution < 1.29 is 4.79 Å². The van der Waals surface area contributed by atoms with Crippen LogP contribution in [0, 0.1) is 12.3 Å². The Morgan fingerprint density at radius 2 is 2.33 bits per heavy atom. The van der Waals surface area contributed by atoms with Crippen molar-refractivity contribution >= 4 is 23.2 Å². The number of benzene rings is 1. The molecule has 21 heavy (non-hydrogen) atoms. The van der Waals surface area contributed by atoms with Crippen molar-refractivity contribution in [1.82, 2.24) is 9.78 Å². The highest BCUT2D eigenvalue weighted by Gasteiger charge is 2.28. The third-order valence-corrected chi connectivity index (χ3v) is 3.83. The molecule has 0 unspecified atom stereocenters. The van der Waals surface area contributed by atoms with Crippen LogP contribution in [0.5, 0.6) is 0 Å². The van der Waals surface area contributed by atoms with Gasteiger partial charge in [-0.05, 0) is 18.2 Å². The zero-order valence-electron chi connectivity index (χ0n) is 11.6. The predicted octanol–water partition coefficient (Wildman–Crippen LogP) is 3.09. The lowest BCUT2D eigenvalue weighted by atomic mass is 9.99. The van der Waals surface area contributed by atoms with Gasteiger partial charge in [0.25, 0.3) is 0 Å². The highest BCUT2D eigenvalue weighted by atomic mass is 35.5. The molecule has 0 radical (unpaired) electrons. The monoisotopic (exact) mass is 299 g/mol. The van der Waals surface area contributed by atoms with Gasteiger partial charge >= 0.3 is 0 Å². The van der Waals surface area contributed by atoms with Gasteiger partial charge in [-0.15, -0.1) is 6.42 Å². The second-order valence-corrected chi connectivity index (χ2v) is 5.31. The van der Waals surface area contributed by atoms with Crippen molar-refractivity contribution in [3.05, 3.63) is 35.0 Å². The first-order valence-electron chi connectivity index (χ1n) is 6.74. The molecule has 1 aliphatic heterocycles. The van der Waals surface area contributed by atoms with E-state index in [4.69, 9.17) is 18.0 Å². The number of terminal acetylenes is 1. The van der Waals surface area contributed by atoms with Gasteiger partial charge in [0.1, 0.15) is 6.54 Å². The second kappa shape index (κ2) is 5.27. The number of halogens is 1. The van der Waals surface area contributed by atoms with Crippen LogP contribution in [0.3, 0.4) is 0 Å². The lowest BCUT2D eigenvalue weighted by molar-refractivity contribution is -0.118. The van der Waals surface area contributed by atoms with Crippen molar-refractivity contribution in [3.8, 4) is 23.6 Å². The van der Waals surface area contributed by atoms with E-state index < -0.39 is 0 Å². The molecule has 0 saturated heterocycles. The Morgan fingerprint density at radius 1 is 1.52 bits per heavy atom. The van der Waals surface area contributed by atoms with E-state index >= 15 is 0 Å². The van der Waals surface area contributed by atoms with Crippen LogP contribution in [0.25, 0.3) is 11.3 Å². The first-order chi connectivity index (χ1) is 10.2. The van der Waals surface area contributed by atoms with E-state index in [0.717, 1.165) is 22.5 Å². The number of nitrogens with zero attached hydrogens (tertiary/aromatic N) is 3. The smallest absolute Gasteiger partial charge is 0.227 e. The molecule has 0 atom stereocenters. The second-order valence-electron chi connectivity index (χ2n) is 4.88. The minimum absolute atomic E-state index is 0.0777. The summed E-state index contributed by atoms with van der Waals surface area (Å²) in [6.45, 7) is 2.76. The van der Waals surface area contributed by atoms with E-state index in [9.17, 15) is 4.79 Å². The van der Waals surface area contributed by atoms with Crippen LogP contribution in [0.15, 0.2) is 24.4 Å². The topological polar surface area (TPSA) is 38.1 Å². The molecule has 1 aromatic heterocycles. The van der Waals surface area contributed by atoms with Gasteiger partial charge in [0.05, 0.1) is 24.1 Å². The standard InChI is InChI=1S/C16H14ClN3O/c1-3-7-20-16-11(9-18-20)10-19(15(21)4-2)14-6-5-12(17)8-13(14)16/h1,5-6,8-9H,4,7,10H2,2H3. The Morgan fingerprint density at radius 3 is 3.05 bits per heavy atom. The highest BCUT2D eigenvalue weighted by Crippen LogP contribution is 2.40. The van der Waals surface area contributed by atoms with Gasteiger partial charge in [-0.25, -0.2) is 0 Å². The van der Waals surface area contributed by atoms with Crippen LogP contribution in [-0.4, -0.2) is 15.7 Å². The predicted molar refractivity (Wildman–Crippen MR) is 83.0 cm³/mol. The molecule has 2 aromatic rings. The van der Waals surface area contributed by atoms with Gasteiger partial charge in [-0.2, -0.15) is 5.10 Å². The van der Waals surface area contributed by atoms with Crippen molar-refractivity contribution in [3.63, 3.8) is 0 Å². The molecule has 0 bridgehead atoms. The lowest BCUT2D eigenvalue weighted by Gasteiger charge is -2.29. The summed E-state index contributed by atoms with van der Waals surface area (Å²) in [5, 5.41) is 4.95. The number of aromatic nitrogens is 2. The Balaban J connectivity index is 2.21. The number of rotatable bonds is 2. The maximum absolute atomic E-state index is 12.2. The highest BCUT2D eigenvalue weighted by molar-refractivity contribution is 6.31. The fourth-order valence-corrected chi connectivity index (χ4v) is 2.83. The SMILES string of the molecule is C#CCn1ncc2c1-c1cc(Cl)ccc1N(C(=O)CC)C2. The Hall–Kier alpha value is -2.25. The van der Waals surface area contributed by atoms with Crippen LogP contribution in [0.4, 0.5) is 5.69 Å². The molecule has 106 valence electrons. The molecule has 1 aromatic carbocycles. The summed E-state index contributed by atoms with van der Waals surface area (Å²) in [5.41, 5.74) is 3.70. The molecule has 0 saturated carbocycles. The van der Waals surface area contributed by atoms with E-state index in [-0.39, 0.29) is 5.91 Å². The first kappa shape index (κ1) is 13.7. The molecule has 1 amide bonds. The third-order valence-electron chi connectivity index (χ3n) is 3.59. The maximum Gasteiger partial charge on any atom is 0.227 e. The van der Waals surface area contributed by atoms with Crippen molar-refractivity contribution in [2.45, 2.75) is 26.4 Å². The van der Waals surface area contributed by atoms with Gasteiger partial charge in [0, 0.05) is 22.6 Å². The normalized spacial score (nSPS) is 12.5. The number of carbonyl (C=O) groups is 1. The number of fused-ring (bicyclic) bond motifs is 3. The molecule has 3 rings (SSSR count). The Kier molecular flexibility index (Phi) is 3.44. The molecule has 0 spiro atoms. The number of anilines is 1. The zero-order chi connectivity index (χ0) is 15.0. The van der Waals surface area contributed by atoms with Gasteiger partial charge < -0.3 is 4.90 Å². The summed E-state index contributed by atoms with van der Waals surface area (Å²) in [4.78, 5) is 14.0. The molecule has 1 aliphatic rings. The fourth-order valence-electron chi connectivity index (χ4n) is 2.66. The summed E-state index contributed by atoms with van der Waals surface area (Å²) in [5.74, 6) is 2.68. The number of amides is 1. The number of carbonyl (C=O) groups excluding carboxylic acids is 1. The molecule has 0 aliphatic carbocycles. The average molecular weight is 300 g/mol. The van der Waals surface area contributed by atoms with Gasteiger partial charge in [-0.3, -0.25) is 9.48 Å². The number of hydrogen-bond donors (Lipinski definition) is 0. The minimum Gasteiger partial charge on any atom is -0.307 e. The molecular weight excluding hydrogens is 286 g/mol. The van der Waals surface area contributed by atoms with E-state index in [1.165, 1.54) is 0 Å². The van der Waals surface area contributed by atoms with E-state index in [1.807, 2.05) is 19.1 Å². The number of hydrogen-bond acceptors (Lipinski definition) is 2. The molecule has 0 fully saturated rings. The summed E-state index contributed by atoms with van der Waals surface area (Å²) < 4.78 is 1.78. The quantitative estimate of drug-likeness (QED) is 0.799. The maximum atomic E-state index is 12.2. The Bertz CT molecular complexity index is 757. The molecule has 0 N–H and O–H groups in total. The molecule has 2 heterocycles. The van der Waals surface area contributed by atoms with Crippen molar-refractivity contribution in [2.75, 3.05) is 4.90 Å². The average Bonchev–Trinajstić information content (AvgIpc) is 2.89. The van der Waals surface area contributed by atoms with Crippen LogP contribution < -0.4 is 4.90 Å². The van der Waals surface area contributed by atoms with Crippen LogP contribution >= 0.6 is 11.6 Å². The largest absolute Gasteiger partial charge is 0.307 e.